The topological polar surface area (TPSA) is 132 Å². The van der Waals surface area contributed by atoms with Crippen LogP contribution in [0.15, 0.2) is 54.9 Å². The number of fused-ring (bicyclic) bond motifs is 5. The van der Waals surface area contributed by atoms with Crippen LogP contribution in [0, 0.1) is 5.82 Å². The Morgan fingerprint density at radius 2 is 1.95 bits per heavy atom. The molecule has 3 heterocycles. The van der Waals surface area contributed by atoms with Crippen molar-refractivity contribution >= 4 is 17.7 Å². The molecule has 2 N–H and O–H groups in total. The highest BCUT2D eigenvalue weighted by Gasteiger charge is 2.35. The summed E-state index contributed by atoms with van der Waals surface area (Å²) in [5, 5.41) is 13.2. The van der Waals surface area contributed by atoms with Crippen LogP contribution in [0.3, 0.4) is 0 Å². The van der Waals surface area contributed by atoms with Gasteiger partial charge >= 0.3 is 0 Å². The maximum atomic E-state index is 14.5. The van der Waals surface area contributed by atoms with Crippen LogP contribution in [0.2, 0.25) is 0 Å². The molecular formula is C29H30FN5O6. The number of aryl methyl sites for hydroxylation is 1. The first-order chi connectivity index (χ1) is 19.9. The summed E-state index contributed by atoms with van der Waals surface area (Å²) in [6, 6.07) is 10.5. The molecule has 2 aromatic carbocycles. The molecule has 0 aliphatic carbocycles. The largest absolute Gasteiger partial charge is 0.493 e. The number of carbonyl (C=O) groups is 3. The first kappa shape index (κ1) is 27.8. The fraction of sp³-hybridized carbons (Fsp3) is 0.345. The van der Waals surface area contributed by atoms with E-state index in [1.807, 2.05) is 6.07 Å². The van der Waals surface area contributed by atoms with Crippen molar-refractivity contribution in [2.75, 3.05) is 26.8 Å². The predicted octanol–water partition coefficient (Wildman–Crippen LogP) is 2.04. The van der Waals surface area contributed by atoms with Gasteiger partial charge in [0.25, 0.3) is 11.8 Å². The predicted molar refractivity (Wildman–Crippen MR) is 144 cm³/mol. The number of aromatic nitrogens is 2. The van der Waals surface area contributed by atoms with Gasteiger partial charge in [-0.2, -0.15) is 10.2 Å². The van der Waals surface area contributed by atoms with Crippen LogP contribution < -0.4 is 24.8 Å². The van der Waals surface area contributed by atoms with Crippen molar-refractivity contribution in [1.82, 2.24) is 25.7 Å². The van der Waals surface area contributed by atoms with Crippen molar-refractivity contribution in [1.29, 1.82) is 0 Å². The van der Waals surface area contributed by atoms with Gasteiger partial charge in [-0.3, -0.25) is 14.4 Å². The minimum atomic E-state index is -0.628. The van der Waals surface area contributed by atoms with Gasteiger partial charge in [0.15, 0.2) is 18.1 Å². The number of benzene rings is 2. The highest BCUT2D eigenvalue weighted by Crippen LogP contribution is 2.29. The molecule has 1 aromatic heterocycles. The average Bonchev–Trinajstić information content (AvgIpc) is 2.98. The number of piperidine rings is 1. The molecule has 1 saturated heterocycles. The third-order valence-electron chi connectivity index (χ3n) is 6.95. The number of methoxy groups -OCH3 is 1. The molecule has 0 unspecified atom stereocenters. The molecule has 0 radical (unpaired) electrons. The maximum absolute atomic E-state index is 14.5. The van der Waals surface area contributed by atoms with Crippen LogP contribution in [0.1, 0.15) is 34.3 Å². The molecule has 0 saturated carbocycles. The number of hydrogen-bond acceptors (Lipinski definition) is 8. The highest BCUT2D eigenvalue weighted by atomic mass is 19.1. The van der Waals surface area contributed by atoms with Gasteiger partial charge < -0.3 is 29.7 Å². The number of hydrogen-bond donors (Lipinski definition) is 2. The highest BCUT2D eigenvalue weighted by molar-refractivity contribution is 5.94. The molecule has 0 spiro atoms. The number of rotatable bonds is 2. The second-order valence-corrected chi connectivity index (χ2v) is 9.85. The van der Waals surface area contributed by atoms with Crippen molar-refractivity contribution < 1.29 is 33.0 Å². The Morgan fingerprint density at radius 3 is 2.76 bits per heavy atom. The van der Waals surface area contributed by atoms with Gasteiger partial charge in [0, 0.05) is 38.5 Å². The lowest BCUT2D eigenvalue weighted by Crippen LogP contribution is -2.58. The number of likely N-dealkylation sites (tertiary alicyclic amines) is 1. The molecule has 214 valence electrons. The maximum Gasteiger partial charge on any atom is 0.258 e. The van der Waals surface area contributed by atoms with Gasteiger partial charge in [-0.25, -0.2) is 4.39 Å². The summed E-state index contributed by atoms with van der Waals surface area (Å²) in [4.78, 5) is 40.3. The lowest BCUT2D eigenvalue weighted by Gasteiger charge is -2.38. The van der Waals surface area contributed by atoms with Gasteiger partial charge in [-0.1, -0.05) is 6.07 Å². The first-order valence-electron chi connectivity index (χ1n) is 13.3. The van der Waals surface area contributed by atoms with E-state index in [2.05, 4.69) is 20.8 Å². The van der Waals surface area contributed by atoms with Crippen molar-refractivity contribution in [2.45, 2.75) is 38.0 Å². The van der Waals surface area contributed by atoms with E-state index in [-0.39, 0.29) is 43.7 Å². The van der Waals surface area contributed by atoms with Crippen molar-refractivity contribution in [3.05, 3.63) is 77.4 Å². The van der Waals surface area contributed by atoms with Gasteiger partial charge in [0.1, 0.15) is 17.7 Å². The molecule has 5 rings (SSSR count). The van der Waals surface area contributed by atoms with Crippen LogP contribution in [-0.4, -0.2) is 71.8 Å². The summed E-state index contributed by atoms with van der Waals surface area (Å²) in [5.41, 5.74) is 1.73. The van der Waals surface area contributed by atoms with Gasteiger partial charge in [-0.05, 0) is 47.9 Å². The SMILES string of the molecule is COc1ccc2cc1OCC(=O)N[C@@H]1CN(C(=O)c3ccnnc3)CC[C@H]1Oc1cc(F)cc(c1)CNC(=O)CC2. The number of halogens is 1. The Kier molecular flexibility index (Phi) is 8.56. The van der Waals surface area contributed by atoms with Crippen LogP contribution in [-0.2, 0) is 22.6 Å². The molecule has 4 bridgehead atoms. The second kappa shape index (κ2) is 12.6. The van der Waals surface area contributed by atoms with E-state index in [1.165, 1.54) is 31.6 Å². The summed E-state index contributed by atoms with van der Waals surface area (Å²) in [7, 11) is 1.50. The number of ether oxygens (including phenoxy) is 3. The van der Waals surface area contributed by atoms with Gasteiger partial charge in [0.2, 0.25) is 5.91 Å². The third kappa shape index (κ3) is 7.07. The standard InChI is InChI=1S/C29H30FN5O6/c1-39-25-4-2-18-3-5-27(36)31-14-19-10-21(30)13-22(11-19)41-24-7-9-35(29(38)20-6-8-32-33-15-20)16-23(24)34-28(37)17-40-26(25)12-18/h2,4,6,8,10-13,15,23-24H,3,5,7,9,14,16-17H2,1H3,(H,31,36)(H,34,37)/t23-,24-/m1/s1. The Bertz CT molecular complexity index is 1420. The third-order valence-corrected chi connectivity index (χ3v) is 6.95. The molecule has 3 amide bonds. The van der Waals surface area contributed by atoms with Crippen molar-refractivity contribution in [2.24, 2.45) is 0 Å². The Morgan fingerprint density at radius 1 is 1.07 bits per heavy atom. The monoisotopic (exact) mass is 563 g/mol. The summed E-state index contributed by atoms with van der Waals surface area (Å²) in [6.45, 7) is 0.290. The molecule has 41 heavy (non-hydrogen) atoms. The van der Waals surface area contributed by atoms with E-state index in [9.17, 15) is 18.8 Å². The molecule has 12 heteroatoms. The van der Waals surface area contributed by atoms with Crippen LogP contribution in [0.5, 0.6) is 17.2 Å². The fourth-order valence-electron chi connectivity index (χ4n) is 4.89. The smallest absolute Gasteiger partial charge is 0.258 e. The minimum Gasteiger partial charge on any atom is -0.493 e. The van der Waals surface area contributed by atoms with Crippen molar-refractivity contribution in [3.8, 4) is 17.2 Å². The van der Waals surface area contributed by atoms with Crippen LogP contribution in [0.4, 0.5) is 4.39 Å². The number of nitrogens with one attached hydrogen (secondary N) is 2. The lowest BCUT2D eigenvalue weighted by atomic mass is 10.0. The average molecular weight is 564 g/mol. The number of amides is 3. The molecule has 1 fully saturated rings. The van der Waals surface area contributed by atoms with E-state index in [0.717, 1.165) is 5.56 Å². The molecular weight excluding hydrogens is 533 g/mol. The molecule has 2 aliphatic rings. The molecule has 2 aliphatic heterocycles. The molecule has 3 aromatic rings. The summed E-state index contributed by atoms with van der Waals surface area (Å²) >= 11 is 0. The number of nitrogens with zero attached hydrogens (tertiary/aromatic N) is 3. The quantitative estimate of drug-likeness (QED) is 0.484. The van der Waals surface area contributed by atoms with E-state index >= 15 is 0 Å². The zero-order valence-corrected chi connectivity index (χ0v) is 22.5. The second-order valence-electron chi connectivity index (χ2n) is 9.85. The summed E-state index contributed by atoms with van der Waals surface area (Å²) in [5.74, 6) is -0.331. The van der Waals surface area contributed by atoms with E-state index < -0.39 is 23.9 Å². The first-order valence-corrected chi connectivity index (χ1v) is 13.3. The zero-order valence-electron chi connectivity index (χ0n) is 22.5. The Balaban J connectivity index is 1.41. The Labute approximate surface area is 236 Å². The number of carbonyl (C=O) groups excluding carboxylic acids is 3. The normalized spacial score (nSPS) is 19.7. The lowest BCUT2D eigenvalue weighted by molar-refractivity contribution is -0.125. The van der Waals surface area contributed by atoms with E-state index in [0.29, 0.717) is 42.0 Å². The van der Waals surface area contributed by atoms with Gasteiger partial charge in [-0.15, -0.1) is 0 Å². The fourth-order valence-corrected chi connectivity index (χ4v) is 4.89. The van der Waals surface area contributed by atoms with Gasteiger partial charge in [0.05, 0.1) is 31.1 Å². The van der Waals surface area contributed by atoms with Crippen LogP contribution >= 0.6 is 0 Å². The minimum absolute atomic E-state index is 0.122. The van der Waals surface area contributed by atoms with Crippen LogP contribution in [0.25, 0.3) is 0 Å². The Hall–Kier alpha value is -4.74. The molecule has 2 atom stereocenters. The molecule has 11 nitrogen and oxygen atoms in total. The van der Waals surface area contributed by atoms with Crippen molar-refractivity contribution in [3.63, 3.8) is 0 Å². The van der Waals surface area contributed by atoms with E-state index in [1.54, 1.807) is 29.2 Å². The summed E-state index contributed by atoms with van der Waals surface area (Å²) in [6.07, 6.45) is 3.26. The summed E-state index contributed by atoms with van der Waals surface area (Å²) < 4.78 is 31.9. The zero-order chi connectivity index (χ0) is 28.8. The van der Waals surface area contributed by atoms with E-state index in [4.69, 9.17) is 14.2 Å².